The molecular weight excluding hydrogens is 440 g/mol. The molecule has 31 heavy (non-hydrogen) atoms. The van der Waals surface area contributed by atoms with E-state index in [1.54, 1.807) is 31.4 Å². The molecule has 4 rings (SSSR count). The number of rotatable bonds is 7. The highest BCUT2D eigenvalue weighted by Crippen LogP contribution is 2.36. The predicted octanol–water partition coefficient (Wildman–Crippen LogP) is 3.40. The van der Waals surface area contributed by atoms with E-state index in [0.29, 0.717) is 32.6 Å². The molecule has 1 aromatic carbocycles. The molecule has 0 spiro atoms. The Morgan fingerprint density at radius 3 is 2.68 bits per heavy atom. The van der Waals surface area contributed by atoms with Crippen LogP contribution in [0.15, 0.2) is 48.8 Å². The van der Waals surface area contributed by atoms with Crippen LogP contribution in [0, 0.1) is 0 Å². The average molecular weight is 455 g/mol. The van der Waals surface area contributed by atoms with Crippen LogP contribution in [0.2, 0.25) is 5.02 Å². The molecule has 4 aromatic rings. The fraction of sp³-hybridized carbons (Fsp3) is 0.100. The summed E-state index contributed by atoms with van der Waals surface area (Å²) < 4.78 is 11.0. The van der Waals surface area contributed by atoms with Crippen molar-refractivity contribution in [1.29, 1.82) is 0 Å². The van der Waals surface area contributed by atoms with E-state index in [1.165, 1.54) is 12.4 Å². The first kappa shape index (κ1) is 20.6. The maximum Gasteiger partial charge on any atom is 0.294 e. The van der Waals surface area contributed by atoms with E-state index in [1.807, 2.05) is 12.1 Å². The van der Waals surface area contributed by atoms with Gasteiger partial charge in [0.05, 0.1) is 29.6 Å². The van der Waals surface area contributed by atoms with Crippen LogP contribution in [0.1, 0.15) is 16.1 Å². The summed E-state index contributed by atoms with van der Waals surface area (Å²) in [6.07, 6.45) is 3.00. The molecule has 9 nitrogen and oxygen atoms in total. The zero-order valence-corrected chi connectivity index (χ0v) is 17.7. The number of nitrogens with two attached hydrogens (primary N) is 1. The monoisotopic (exact) mass is 454 g/mol. The summed E-state index contributed by atoms with van der Waals surface area (Å²) in [7, 11) is 1.54. The first-order valence-electron chi connectivity index (χ1n) is 8.92. The van der Waals surface area contributed by atoms with Crippen molar-refractivity contribution in [3.05, 3.63) is 65.1 Å². The summed E-state index contributed by atoms with van der Waals surface area (Å²) in [4.78, 5) is 16.5. The Labute approximate surface area is 185 Å². The van der Waals surface area contributed by atoms with Crippen LogP contribution in [0.4, 0.5) is 0 Å². The summed E-state index contributed by atoms with van der Waals surface area (Å²) in [5.41, 5.74) is 7.90. The number of para-hydroxylation sites is 1. The van der Waals surface area contributed by atoms with E-state index in [-0.39, 0.29) is 23.1 Å². The van der Waals surface area contributed by atoms with E-state index in [4.69, 9.17) is 26.8 Å². The number of carbonyl (C=O) groups excluding carboxylic acids is 1. The normalized spacial score (nSPS) is 10.6. The quantitative estimate of drug-likeness (QED) is 0.450. The lowest BCUT2D eigenvalue weighted by Crippen LogP contribution is -2.15. The lowest BCUT2D eigenvalue weighted by Gasteiger charge is -2.12. The summed E-state index contributed by atoms with van der Waals surface area (Å²) in [6, 6.07) is 10.7. The molecule has 0 radical (unpaired) electrons. The van der Waals surface area contributed by atoms with Crippen molar-refractivity contribution in [3.8, 4) is 32.8 Å². The molecule has 0 aliphatic rings. The van der Waals surface area contributed by atoms with Crippen molar-refractivity contribution in [3.63, 3.8) is 0 Å². The fourth-order valence-electron chi connectivity index (χ4n) is 2.85. The van der Waals surface area contributed by atoms with Gasteiger partial charge in [-0.3, -0.25) is 9.78 Å². The number of hydrogen-bond donors (Lipinski definition) is 1. The van der Waals surface area contributed by atoms with Gasteiger partial charge < -0.3 is 15.2 Å². The summed E-state index contributed by atoms with van der Waals surface area (Å²) >= 11 is 6.95. The van der Waals surface area contributed by atoms with Crippen LogP contribution >= 0.6 is 22.9 Å². The first-order valence-corrected chi connectivity index (χ1v) is 10.1. The van der Waals surface area contributed by atoms with Gasteiger partial charge >= 0.3 is 0 Å². The number of hydrogen-bond acceptors (Lipinski definition) is 9. The number of ether oxygens (including phenoxy) is 2. The highest BCUT2D eigenvalue weighted by atomic mass is 35.5. The Morgan fingerprint density at radius 2 is 1.94 bits per heavy atom. The molecule has 3 heterocycles. The molecule has 0 aliphatic carbocycles. The highest BCUT2D eigenvalue weighted by molar-refractivity contribution is 7.16. The van der Waals surface area contributed by atoms with Gasteiger partial charge in [0.2, 0.25) is 0 Å². The number of benzene rings is 1. The van der Waals surface area contributed by atoms with Gasteiger partial charge in [0, 0.05) is 17.3 Å². The minimum atomic E-state index is -0.672. The molecule has 0 unspecified atom stereocenters. The van der Waals surface area contributed by atoms with Crippen molar-refractivity contribution in [2.24, 2.45) is 5.73 Å². The summed E-state index contributed by atoms with van der Waals surface area (Å²) in [6.45, 7) is 0.182. The topological polar surface area (TPSA) is 126 Å². The number of nitrogens with zero attached hydrogens (tertiary/aromatic N) is 5. The Bertz CT molecular complexity index is 1230. The molecule has 0 saturated carbocycles. The Hall–Kier alpha value is -3.63. The number of halogens is 1. The molecule has 0 bridgehead atoms. The number of aromatic nitrogens is 5. The molecule has 0 saturated heterocycles. The Balaban J connectivity index is 1.67. The summed E-state index contributed by atoms with van der Waals surface area (Å²) in [5.74, 6) is -0.102. The van der Waals surface area contributed by atoms with Gasteiger partial charge in [-0.1, -0.05) is 46.2 Å². The third kappa shape index (κ3) is 4.44. The van der Waals surface area contributed by atoms with Gasteiger partial charge in [-0.2, -0.15) is 5.10 Å². The number of carbonyl (C=O) groups is 1. The number of pyridine rings is 1. The minimum absolute atomic E-state index is 0.168. The van der Waals surface area contributed by atoms with E-state index in [2.05, 4.69) is 25.4 Å². The van der Waals surface area contributed by atoms with Crippen molar-refractivity contribution in [2.75, 3.05) is 7.11 Å². The molecule has 1 amide bonds. The zero-order valence-electron chi connectivity index (χ0n) is 16.2. The van der Waals surface area contributed by atoms with Gasteiger partial charge in [-0.05, 0) is 18.2 Å². The third-order valence-corrected chi connectivity index (χ3v) is 5.30. The number of primary amides is 1. The second-order valence-electron chi connectivity index (χ2n) is 6.18. The zero-order chi connectivity index (χ0) is 21.8. The van der Waals surface area contributed by atoms with Crippen LogP contribution in [-0.2, 0) is 6.61 Å². The van der Waals surface area contributed by atoms with E-state index in [9.17, 15) is 4.79 Å². The van der Waals surface area contributed by atoms with Crippen molar-refractivity contribution < 1.29 is 14.3 Å². The van der Waals surface area contributed by atoms with Crippen LogP contribution in [-0.4, -0.2) is 38.4 Å². The van der Waals surface area contributed by atoms with Crippen LogP contribution < -0.4 is 15.2 Å². The van der Waals surface area contributed by atoms with Crippen LogP contribution in [0.25, 0.3) is 21.8 Å². The van der Waals surface area contributed by atoms with Crippen LogP contribution in [0.5, 0.6) is 10.9 Å². The maximum atomic E-state index is 12.4. The predicted molar refractivity (Wildman–Crippen MR) is 115 cm³/mol. The second kappa shape index (κ2) is 9.02. The Morgan fingerprint density at radius 1 is 1.10 bits per heavy atom. The standard InChI is InChI=1S/C20H15ClN6O3S/c1-29-15-5-3-2-4-13(15)14-9-24-25-17(16(14)18(22)28)19-26-27-20(31-19)30-10-12-7-6-11(21)8-23-12/h2-9H,10H2,1H3,(H2,22,28). The first-order chi connectivity index (χ1) is 15.1. The fourth-order valence-corrected chi connectivity index (χ4v) is 3.65. The molecule has 2 N–H and O–H groups in total. The SMILES string of the molecule is COc1ccccc1-c1cnnc(-c2nnc(OCc3ccc(Cl)cn3)s2)c1C(N)=O. The second-order valence-corrected chi connectivity index (χ2v) is 7.55. The van der Waals surface area contributed by atoms with Gasteiger partial charge in [0.15, 0.2) is 5.01 Å². The van der Waals surface area contributed by atoms with E-state index in [0.717, 1.165) is 11.3 Å². The lowest BCUT2D eigenvalue weighted by atomic mass is 9.99. The Kier molecular flexibility index (Phi) is 6.01. The maximum absolute atomic E-state index is 12.4. The van der Waals surface area contributed by atoms with Gasteiger partial charge in [0.25, 0.3) is 11.1 Å². The van der Waals surface area contributed by atoms with Crippen molar-refractivity contribution in [1.82, 2.24) is 25.4 Å². The largest absolute Gasteiger partial charge is 0.496 e. The smallest absolute Gasteiger partial charge is 0.294 e. The molecule has 0 aliphatic heterocycles. The van der Waals surface area contributed by atoms with Gasteiger partial charge in [-0.15, -0.1) is 10.2 Å². The van der Waals surface area contributed by atoms with Crippen molar-refractivity contribution in [2.45, 2.75) is 6.61 Å². The van der Waals surface area contributed by atoms with E-state index >= 15 is 0 Å². The molecule has 0 fully saturated rings. The molecule has 11 heteroatoms. The van der Waals surface area contributed by atoms with Crippen LogP contribution in [0.3, 0.4) is 0 Å². The van der Waals surface area contributed by atoms with E-state index < -0.39 is 5.91 Å². The average Bonchev–Trinajstić information content (AvgIpc) is 3.27. The number of methoxy groups -OCH3 is 1. The lowest BCUT2D eigenvalue weighted by molar-refractivity contribution is 0.100. The number of amides is 1. The van der Waals surface area contributed by atoms with Gasteiger partial charge in [0.1, 0.15) is 18.1 Å². The third-order valence-electron chi connectivity index (χ3n) is 4.24. The molecule has 3 aromatic heterocycles. The van der Waals surface area contributed by atoms with Crippen molar-refractivity contribution >= 4 is 28.8 Å². The van der Waals surface area contributed by atoms with Gasteiger partial charge in [-0.25, -0.2) is 0 Å². The minimum Gasteiger partial charge on any atom is -0.496 e. The highest BCUT2D eigenvalue weighted by Gasteiger charge is 2.23. The molecular formula is C20H15ClN6O3S. The molecule has 0 atom stereocenters. The summed E-state index contributed by atoms with van der Waals surface area (Å²) in [5, 5.41) is 17.4. The molecule has 156 valence electrons.